The van der Waals surface area contributed by atoms with Crippen LogP contribution < -0.4 is 0 Å². The summed E-state index contributed by atoms with van der Waals surface area (Å²) < 4.78 is 0. The summed E-state index contributed by atoms with van der Waals surface area (Å²) in [6, 6.07) is 0.337. The monoisotopic (exact) mass is 255 g/mol. The molecule has 2 amide bonds. The van der Waals surface area contributed by atoms with Crippen LogP contribution in [0.5, 0.6) is 0 Å². The third-order valence-electron chi connectivity index (χ3n) is 3.43. The zero-order valence-corrected chi connectivity index (χ0v) is 12.0. The van der Waals surface area contributed by atoms with E-state index in [1.165, 1.54) is 6.42 Å². The van der Waals surface area contributed by atoms with Gasteiger partial charge in [-0.15, -0.1) is 0 Å². The fourth-order valence-electron chi connectivity index (χ4n) is 2.22. The minimum absolute atomic E-state index is 0.0250. The quantitative estimate of drug-likeness (QED) is 0.731. The summed E-state index contributed by atoms with van der Waals surface area (Å²) in [6.07, 6.45) is 3.39. The van der Waals surface area contributed by atoms with Crippen LogP contribution >= 0.6 is 0 Å². The van der Waals surface area contributed by atoms with Crippen LogP contribution in [-0.2, 0) is 9.59 Å². The molecule has 104 valence electrons. The van der Waals surface area contributed by atoms with Crippen molar-refractivity contribution in [2.45, 2.75) is 32.2 Å². The van der Waals surface area contributed by atoms with E-state index in [0.29, 0.717) is 19.1 Å². The van der Waals surface area contributed by atoms with Gasteiger partial charge >= 0.3 is 0 Å². The van der Waals surface area contributed by atoms with E-state index in [2.05, 4.69) is 6.92 Å². The highest BCUT2D eigenvalue weighted by atomic mass is 16.2. The molecule has 1 aliphatic rings. The number of carbonyl (C=O) groups is 2. The van der Waals surface area contributed by atoms with Crippen molar-refractivity contribution in [1.29, 1.82) is 0 Å². The van der Waals surface area contributed by atoms with Gasteiger partial charge in [-0.3, -0.25) is 14.5 Å². The molecule has 1 heterocycles. The topological polar surface area (TPSA) is 43.9 Å². The van der Waals surface area contributed by atoms with E-state index in [1.807, 2.05) is 11.9 Å². The summed E-state index contributed by atoms with van der Waals surface area (Å²) >= 11 is 0. The SMILES string of the molecule is CC1CCCCN1C(=O)CN(C)CC(=O)N(C)C. The fraction of sp³-hybridized carbons (Fsp3) is 0.846. The molecule has 1 atom stereocenters. The molecule has 0 aromatic carbocycles. The van der Waals surface area contributed by atoms with Crippen molar-refractivity contribution in [2.24, 2.45) is 0 Å². The largest absolute Gasteiger partial charge is 0.348 e. The number of piperidine rings is 1. The zero-order chi connectivity index (χ0) is 13.7. The highest BCUT2D eigenvalue weighted by Crippen LogP contribution is 2.16. The Balaban J connectivity index is 2.41. The number of hydrogen-bond donors (Lipinski definition) is 0. The van der Waals surface area contributed by atoms with Crippen LogP contribution in [0.2, 0.25) is 0 Å². The molecule has 5 heteroatoms. The second-order valence-corrected chi connectivity index (χ2v) is 5.39. The molecule has 0 radical (unpaired) electrons. The number of amides is 2. The second kappa shape index (κ2) is 6.73. The molecule has 0 N–H and O–H groups in total. The Labute approximate surface area is 110 Å². The van der Waals surface area contributed by atoms with Crippen LogP contribution in [-0.4, -0.2) is 73.3 Å². The van der Waals surface area contributed by atoms with Gasteiger partial charge in [0.25, 0.3) is 0 Å². The lowest BCUT2D eigenvalue weighted by molar-refractivity contribution is -0.136. The van der Waals surface area contributed by atoms with E-state index in [-0.39, 0.29) is 11.8 Å². The zero-order valence-electron chi connectivity index (χ0n) is 12.0. The smallest absolute Gasteiger partial charge is 0.236 e. The van der Waals surface area contributed by atoms with Crippen molar-refractivity contribution >= 4 is 11.8 Å². The molecule has 18 heavy (non-hydrogen) atoms. The minimum Gasteiger partial charge on any atom is -0.348 e. The van der Waals surface area contributed by atoms with Gasteiger partial charge < -0.3 is 9.80 Å². The third kappa shape index (κ3) is 4.29. The molecule has 1 fully saturated rings. The Morgan fingerprint density at radius 1 is 1.17 bits per heavy atom. The third-order valence-corrected chi connectivity index (χ3v) is 3.43. The van der Waals surface area contributed by atoms with Crippen LogP contribution in [0, 0.1) is 0 Å². The highest BCUT2D eigenvalue weighted by Gasteiger charge is 2.24. The van der Waals surface area contributed by atoms with Crippen LogP contribution in [0.3, 0.4) is 0 Å². The Hall–Kier alpha value is -1.10. The Kier molecular flexibility index (Phi) is 5.59. The molecule has 0 aromatic rings. The molecule has 1 saturated heterocycles. The maximum absolute atomic E-state index is 12.1. The number of likely N-dealkylation sites (tertiary alicyclic amines) is 1. The molecule has 1 rings (SSSR count). The molecule has 0 spiro atoms. The van der Waals surface area contributed by atoms with Crippen molar-refractivity contribution in [3.05, 3.63) is 0 Å². The predicted molar refractivity (Wildman–Crippen MR) is 71.2 cm³/mol. The molecular formula is C13H25N3O2. The lowest BCUT2D eigenvalue weighted by atomic mass is 10.0. The van der Waals surface area contributed by atoms with Crippen molar-refractivity contribution in [1.82, 2.24) is 14.7 Å². The van der Waals surface area contributed by atoms with Crippen molar-refractivity contribution in [3.8, 4) is 0 Å². The van der Waals surface area contributed by atoms with Crippen LogP contribution in [0.4, 0.5) is 0 Å². The lowest BCUT2D eigenvalue weighted by Crippen LogP contribution is -2.47. The van der Waals surface area contributed by atoms with Gasteiger partial charge in [0, 0.05) is 26.7 Å². The molecule has 0 aliphatic carbocycles. The van der Waals surface area contributed by atoms with E-state index in [0.717, 1.165) is 19.4 Å². The maximum atomic E-state index is 12.1. The number of likely N-dealkylation sites (N-methyl/N-ethyl adjacent to an activating group) is 2. The number of rotatable bonds is 4. The normalized spacial score (nSPS) is 20.1. The Bertz CT molecular complexity index is 305. The molecule has 0 aromatic heterocycles. The van der Waals surface area contributed by atoms with Gasteiger partial charge in [0.15, 0.2) is 0 Å². The molecular weight excluding hydrogens is 230 g/mol. The van der Waals surface area contributed by atoms with Crippen molar-refractivity contribution in [3.63, 3.8) is 0 Å². The predicted octanol–water partition coefficient (Wildman–Crippen LogP) is 0.407. The van der Waals surface area contributed by atoms with Gasteiger partial charge in [-0.25, -0.2) is 0 Å². The molecule has 0 saturated carbocycles. The summed E-state index contributed by atoms with van der Waals surface area (Å²) in [7, 11) is 5.27. The summed E-state index contributed by atoms with van der Waals surface area (Å²) in [5.41, 5.74) is 0. The first-order chi connectivity index (χ1) is 8.41. The van der Waals surface area contributed by atoms with E-state index in [4.69, 9.17) is 0 Å². The van der Waals surface area contributed by atoms with Crippen LogP contribution in [0.25, 0.3) is 0 Å². The number of hydrogen-bond acceptors (Lipinski definition) is 3. The van der Waals surface area contributed by atoms with E-state index < -0.39 is 0 Å². The first-order valence-electron chi connectivity index (χ1n) is 6.60. The maximum Gasteiger partial charge on any atom is 0.236 e. The molecule has 0 bridgehead atoms. The summed E-state index contributed by atoms with van der Waals surface area (Å²) in [5.74, 6) is 0.160. The summed E-state index contributed by atoms with van der Waals surface area (Å²) in [5, 5.41) is 0. The van der Waals surface area contributed by atoms with Gasteiger partial charge in [-0.1, -0.05) is 0 Å². The highest BCUT2D eigenvalue weighted by molar-refractivity contribution is 5.81. The van der Waals surface area contributed by atoms with Crippen LogP contribution in [0.15, 0.2) is 0 Å². The summed E-state index contributed by atoms with van der Waals surface area (Å²) in [6.45, 7) is 3.57. The fourth-order valence-corrected chi connectivity index (χ4v) is 2.22. The van der Waals surface area contributed by atoms with Gasteiger partial charge in [0.05, 0.1) is 13.1 Å². The van der Waals surface area contributed by atoms with E-state index in [1.54, 1.807) is 23.9 Å². The van der Waals surface area contributed by atoms with Gasteiger partial charge in [0.1, 0.15) is 0 Å². The molecule has 1 unspecified atom stereocenters. The average molecular weight is 255 g/mol. The molecule has 5 nitrogen and oxygen atoms in total. The number of nitrogens with zero attached hydrogens (tertiary/aromatic N) is 3. The van der Waals surface area contributed by atoms with Gasteiger partial charge in [0.2, 0.25) is 11.8 Å². The minimum atomic E-state index is 0.0250. The van der Waals surface area contributed by atoms with E-state index in [9.17, 15) is 9.59 Å². The van der Waals surface area contributed by atoms with Crippen molar-refractivity contribution in [2.75, 3.05) is 40.8 Å². The average Bonchev–Trinajstić information content (AvgIpc) is 2.28. The summed E-state index contributed by atoms with van der Waals surface area (Å²) in [4.78, 5) is 28.9. The Morgan fingerprint density at radius 2 is 1.83 bits per heavy atom. The second-order valence-electron chi connectivity index (χ2n) is 5.39. The Morgan fingerprint density at radius 3 is 2.39 bits per heavy atom. The van der Waals surface area contributed by atoms with Gasteiger partial charge in [-0.2, -0.15) is 0 Å². The first kappa shape index (κ1) is 15.0. The lowest BCUT2D eigenvalue weighted by Gasteiger charge is -2.34. The van der Waals surface area contributed by atoms with Crippen LogP contribution in [0.1, 0.15) is 26.2 Å². The van der Waals surface area contributed by atoms with Gasteiger partial charge in [-0.05, 0) is 33.2 Å². The number of carbonyl (C=O) groups excluding carboxylic acids is 2. The standard InChI is InChI=1S/C13H25N3O2/c1-11-7-5-6-8-16(11)13(18)10-15(4)9-12(17)14(2)3/h11H,5-10H2,1-4H3. The molecule has 1 aliphatic heterocycles. The van der Waals surface area contributed by atoms with E-state index >= 15 is 0 Å². The first-order valence-corrected chi connectivity index (χ1v) is 6.60. The van der Waals surface area contributed by atoms with Crippen molar-refractivity contribution < 1.29 is 9.59 Å².